The summed E-state index contributed by atoms with van der Waals surface area (Å²) in [5.74, 6) is -0.0632. The zero-order valence-electron chi connectivity index (χ0n) is 9.95. The van der Waals surface area contributed by atoms with Gasteiger partial charge in [-0.3, -0.25) is 4.79 Å². The first-order chi connectivity index (χ1) is 7.49. The third-order valence-electron chi connectivity index (χ3n) is 2.47. The molecule has 1 N–H and O–H groups in total. The SMILES string of the molecule is C=CCc1c(N(C)C)ccc(C(C)=O)c1O. The van der Waals surface area contributed by atoms with Crippen LogP contribution in [0.15, 0.2) is 24.8 Å². The Labute approximate surface area is 96.0 Å². The number of anilines is 1. The van der Waals surface area contributed by atoms with Crippen LogP contribution in [0, 0.1) is 0 Å². The summed E-state index contributed by atoms with van der Waals surface area (Å²) in [6.45, 7) is 5.10. The zero-order chi connectivity index (χ0) is 12.3. The fraction of sp³-hybridized carbons (Fsp3) is 0.308. The number of hydrogen-bond donors (Lipinski definition) is 1. The van der Waals surface area contributed by atoms with Crippen molar-refractivity contribution in [1.29, 1.82) is 0 Å². The van der Waals surface area contributed by atoms with Crippen molar-refractivity contribution < 1.29 is 9.90 Å². The number of Topliss-reactive ketones (excluding diaryl/α,β-unsaturated/α-hetero) is 1. The Morgan fingerprint density at radius 3 is 2.56 bits per heavy atom. The van der Waals surface area contributed by atoms with Crippen LogP contribution in [0.3, 0.4) is 0 Å². The molecule has 0 saturated carbocycles. The molecule has 0 aliphatic heterocycles. The highest BCUT2D eigenvalue weighted by molar-refractivity contribution is 5.98. The second-order valence-corrected chi connectivity index (χ2v) is 3.90. The van der Waals surface area contributed by atoms with Crippen LogP contribution < -0.4 is 4.90 Å². The first kappa shape index (κ1) is 12.3. The van der Waals surface area contributed by atoms with Crippen molar-refractivity contribution in [3.8, 4) is 5.75 Å². The van der Waals surface area contributed by atoms with Crippen molar-refractivity contribution >= 4 is 11.5 Å². The van der Waals surface area contributed by atoms with E-state index in [9.17, 15) is 9.90 Å². The number of allylic oxidation sites excluding steroid dienone is 1. The Balaban J connectivity index is 3.40. The number of aromatic hydroxyl groups is 1. The average Bonchev–Trinajstić information content (AvgIpc) is 2.20. The van der Waals surface area contributed by atoms with Gasteiger partial charge in [0.2, 0.25) is 0 Å². The number of nitrogens with zero attached hydrogens (tertiary/aromatic N) is 1. The van der Waals surface area contributed by atoms with Crippen LogP contribution in [0.5, 0.6) is 5.75 Å². The maximum absolute atomic E-state index is 11.3. The molecule has 0 atom stereocenters. The third-order valence-corrected chi connectivity index (χ3v) is 2.47. The molecular formula is C13H17NO2. The second kappa shape index (κ2) is 4.84. The number of rotatable bonds is 4. The van der Waals surface area contributed by atoms with Gasteiger partial charge in [0.15, 0.2) is 5.78 Å². The number of phenolic OH excluding ortho intramolecular Hbond substituents is 1. The van der Waals surface area contributed by atoms with Gasteiger partial charge in [0, 0.05) is 25.3 Å². The summed E-state index contributed by atoms with van der Waals surface area (Å²) >= 11 is 0. The molecule has 1 aromatic carbocycles. The van der Waals surface area contributed by atoms with E-state index in [1.165, 1.54) is 6.92 Å². The van der Waals surface area contributed by atoms with E-state index < -0.39 is 0 Å². The van der Waals surface area contributed by atoms with Gasteiger partial charge in [-0.05, 0) is 25.5 Å². The highest BCUT2D eigenvalue weighted by Gasteiger charge is 2.15. The molecule has 0 aliphatic carbocycles. The molecule has 0 aliphatic rings. The van der Waals surface area contributed by atoms with Gasteiger partial charge < -0.3 is 10.0 Å². The Bertz CT molecular complexity index is 422. The highest BCUT2D eigenvalue weighted by Crippen LogP contribution is 2.32. The minimum absolute atomic E-state index is 0.0681. The molecule has 0 radical (unpaired) electrons. The van der Waals surface area contributed by atoms with E-state index in [0.717, 1.165) is 11.3 Å². The third kappa shape index (κ3) is 2.24. The minimum Gasteiger partial charge on any atom is -0.507 e. The molecule has 0 heterocycles. The monoisotopic (exact) mass is 219 g/mol. The molecular weight excluding hydrogens is 202 g/mol. The Hall–Kier alpha value is -1.77. The van der Waals surface area contributed by atoms with Gasteiger partial charge in [-0.1, -0.05) is 6.08 Å². The molecule has 0 bridgehead atoms. The van der Waals surface area contributed by atoms with E-state index in [2.05, 4.69) is 6.58 Å². The average molecular weight is 219 g/mol. The van der Waals surface area contributed by atoms with E-state index in [1.807, 2.05) is 25.1 Å². The predicted octanol–water partition coefficient (Wildman–Crippen LogP) is 2.39. The lowest BCUT2D eigenvalue weighted by molar-refractivity contribution is 0.101. The number of ketones is 1. The molecule has 1 aromatic rings. The van der Waals surface area contributed by atoms with Crippen molar-refractivity contribution in [2.45, 2.75) is 13.3 Å². The standard InChI is InChI=1S/C13H17NO2/c1-5-6-11-12(14(3)4)8-7-10(9(2)15)13(11)16/h5,7-8,16H,1,6H2,2-4H3. The molecule has 0 amide bonds. The Morgan fingerprint density at radius 2 is 2.12 bits per heavy atom. The normalized spacial score (nSPS) is 9.94. The fourth-order valence-corrected chi connectivity index (χ4v) is 1.67. The molecule has 0 aromatic heterocycles. The van der Waals surface area contributed by atoms with Crippen LogP contribution in [-0.4, -0.2) is 25.0 Å². The van der Waals surface area contributed by atoms with Gasteiger partial charge in [-0.25, -0.2) is 0 Å². The molecule has 0 saturated heterocycles. The first-order valence-corrected chi connectivity index (χ1v) is 5.13. The lowest BCUT2D eigenvalue weighted by Crippen LogP contribution is -2.12. The van der Waals surface area contributed by atoms with Crippen LogP contribution in [-0.2, 0) is 6.42 Å². The van der Waals surface area contributed by atoms with E-state index >= 15 is 0 Å². The Morgan fingerprint density at radius 1 is 1.50 bits per heavy atom. The van der Waals surface area contributed by atoms with Gasteiger partial charge in [-0.2, -0.15) is 0 Å². The number of carbonyl (C=O) groups excluding carboxylic acids is 1. The number of phenols is 1. The summed E-state index contributed by atoms with van der Waals surface area (Å²) in [6, 6.07) is 3.49. The topological polar surface area (TPSA) is 40.5 Å². The maximum Gasteiger partial charge on any atom is 0.163 e. The minimum atomic E-state index is -0.131. The summed E-state index contributed by atoms with van der Waals surface area (Å²) in [5, 5.41) is 10.0. The molecule has 0 fully saturated rings. The van der Waals surface area contributed by atoms with Crippen LogP contribution in [0.4, 0.5) is 5.69 Å². The lowest BCUT2D eigenvalue weighted by Gasteiger charge is -2.19. The summed E-state index contributed by atoms with van der Waals surface area (Å²) < 4.78 is 0. The van der Waals surface area contributed by atoms with Crippen molar-refractivity contribution in [2.75, 3.05) is 19.0 Å². The first-order valence-electron chi connectivity index (χ1n) is 5.13. The van der Waals surface area contributed by atoms with Gasteiger partial charge in [0.1, 0.15) is 5.75 Å². The summed E-state index contributed by atoms with van der Waals surface area (Å²) in [7, 11) is 3.80. The summed E-state index contributed by atoms with van der Waals surface area (Å²) in [6.07, 6.45) is 2.26. The molecule has 1 rings (SSSR count). The van der Waals surface area contributed by atoms with Crippen LogP contribution in [0.1, 0.15) is 22.8 Å². The second-order valence-electron chi connectivity index (χ2n) is 3.90. The van der Waals surface area contributed by atoms with Gasteiger partial charge in [0.05, 0.1) is 5.56 Å². The van der Waals surface area contributed by atoms with Crippen molar-refractivity contribution in [1.82, 2.24) is 0 Å². The predicted molar refractivity (Wildman–Crippen MR) is 66.3 cm³/mol. The van der Waals surface area contributed by atoms with Gasteiger partial charge >= 0.3 is 0 Å². The maximum atomic E-state index is 11.3. The molecule has 0 unspecified atom stereocenters. The van der Waals surface area contributed by atoms with Crippen LogP contribution in [0.2, 0.25) is 0 Å². The quantitative estimate of drug-likeness (QED) is 0.624. The lowest BCUT2D eigenvalue weighted by atomic mass is 10.0. The van der Waals surface area contributed by atoms with Gasteiger partial charge in [-0.15, -0.1) is 6.58 Å². The summed E-state index contributed by atoms with van der Waals surface area (Å²) in [5.41, 5.74) is 2.01. The van der Waals surface area contributed by atoms with Crippen molar-refractivity contribution in [3.63, 3.8) is 0 Å². The molecule has 3 nitrogen and oxygen atoms in total. The smallest absolute Gasteiger partial charge is 0.163 e. The van der Waals surface area contributed by atoms with Crippen molar-refractivity contribution in [3.05, 3.63) is 35.9 Å². The molecule has 86 valence electrons. The number of benzene rings is 1. The largest absolute Gasteiger partial charge is 0.507 e. The fourth-order valence-electron chi connectivity index (χ4n) is 1.67. The molecule has 3 heteroatoms. The van der Waals surface area contributed by atoms with Gasteiger partial charge in [0.25, 0.3) is 0 Å². The zero-order valence-corrected chi connectivity index (χ0v) is 9.95. The Kier molecular flexibility index (Phi) is 3.72. The van der Waals surface area contributed by atoms with E-state index in [0.29, 0.717) is 12.0 Å². The van der Waals surface area contributed by atoms with E-state index in [1.54, 1.807) is 12.1 Å². The summed E-state index contributed by atoms with van der Waals surface area (Å²) in [4.78, 5) is 13.2. The molecule has 16 heavy (non-hydrogen) atoms. The van der Waals surface area contributed by atoms with Crippen molar-refractivity contribution in [2.24, 2.45) is 0 Å². The number of carbonyl (C=O) groups is 1. The highest BCUT2D eigenvalue weighted by atomic mass is 16.3. The molecule has 0 spiro atoms. The van der Waals surface area contributed by atoms with E-state index in [-0.39, 0.29) is 11.5 Å². The van der Waals surface area contributed by atoms with Crippen LogP contribution >= 0.6 is 0 Å². The van der Waals surface area contributed by atoms with E-state index in [4.69, 9.17) is 0 Å². The van der Waals surface area contributed by atoms with Crippen LogP contribution in [0.25, 0.3) is 0 Å². The number of hydrogen-bond acceptors (Lipinski definition) is 3.